The highest BCUT2D eigenvalue weighted by Gasteiger charge is 2.14. The lowest BCUT2D eigenvalue weighted by Gasteiger charge is -2.10. The third-order valence-corrected chi connectivity index (χ3v) is 3.93. The zero-order valence-corrected chi connectivity index (χ0v) is 12.1. The predicted octanol–water partition coefficient (Wildman–Crippen LogP) is 6.62. The van der Waals surface area contributed by atoms with E-state index in [1.54, 1.807) is 30.3 Å². The second-order valence-corrected chi connectivity index (χ2v) is 5.38. The van der Waals surface area contributed by atoms with Crippen LogP contribution in [0.4, 0.5) is 0 Å². The van der Waals surface area contributed by atoms with Gasteiger partial charge in [-0.25, -0.2) is 0 Å². The largest absolute Gasteiger partial charge is 0.0843 e. The lowest BCUT2D eigenvalue weighted by molar-refractivity contribution is 1.61. The molecular formula is C12H5Cl5. The molecule has 0 unspecified atom stereocenters. The molecule has 2 aromatic rings. The molecule has 0 saturated carbocycles. The lowest BCUT2D eigenvalue weighted by Crippen LogP contribution is -1.84. The molecule has 0 bridgehead atoms. The fourth-order valence-corrected chi connectivity index (χ4v) is 2.58. The van der Waals surface area contributed by atoms with Crippen LogP contribution in [0.2, 0.25) is 25.1 Å². The van der Waals surface area contributed by atoms with Crippen LogP contribution in [0.5, 0.6) is 0 Å². The molecule has 2 rings (SSSR count). The Hall–Kier alpha value is -0.110. The zero-order chi connectivity index (χ0) is 12.6. The first kappa shape index (κ1) is 13.3. The van der Waals surface area contributed by atoms with E-state index in [1.165, 1.54) is 0 Å². The van der Waals surface area contributed by atoms with Gasteiger partial charge in [0.05, 0.1) is 15.1 Å². The van der Waals surface area contributed by atoms with Crippen molar-refractivity contribution < 1.29 is 0 Å². The highest BCUT2D eigenvalue weighted by molar-refractivity contribution is 6.47. The molecule has 17 heavy (non-hydrogen) atoms. The Balaban J connectivity index is 2.76. The number of hydrogen-bond donors (Lipinski definition) is 0. The molecule has 0 spiro atoms. The van der Waals surface area contributed by atoms with E-state index in [4.69, 9.17) is 58.0 Å². The van der Waals surface area contributed by atoms with Crippen molar-refractivity contribution in [1.29, 1.82) is 0 Å². The highest BCUT2D eigenvalue weighted by Crippen LogP contribution is 2.42. The Morgan fingerprint density at radius 2 is 1.24 bits per heavy atom. The first-order valence-electron chi connectivity index (χ1n) is 4.59. The molecule has 0 aliphatic heterocycles. The fourth-order valence-electron chi connectivity index (χ4n) is 1.46. The predicted molar refractivity (Wildman–Crippen MR) is 76.9 cm³/mol. The summed E-state index contributed by atoms with van der Waals surface area (Å²) in [7, 11) is 0. The van der Waals surface area contributed by atoms with Gasteiger partial charge in [0.15, 0.2) is 0 Å². The molecule has 5 heteroatoms. The molecule has 0 amide bonds. The minimum Gasteiger partial charge on any atom is -0.0843 e. The van der Waals surface area contributed by atoms with Crippen LogP contribution in [0.1, 0.15) is 0 Å². The third-order valence-electron chi connectivity index (χ3n) is 2.24. The monoisotopic (exact) mass is 336 g/mol. The summed E-state index contributed by atoms with van der Waals surface area (Å²) in [6.45, 7) is 0. The van der Waals surface area contributed by atoms with E-state index in [2.05, 4.69) is 0 Å². The number of rotatable bonds is 1. The maximum atomic E-state index is 6.14. The molecule has 2 aromatic carbocycles. The lowest BCUT2D eigenvalue weighted by atomic mass is 11.0. The number of benzene rings is 2. The van der Waals surface area contributed by atoms with E-state index in [9.17, 15) is 0 Å². The van der Waals surface area contributed by atoms with Crippen molar-refractivity contribution in [2.45, 2.75) is 0 Å². The van der Waals surface area contributed by atoms with E-state index in [0.717, 1.165) is 0 Å². The van der Waals surface area contributed by atoms with Crippen LogP contribution in [-0.2, 0) is 0 Å². The Labute approximate surface area is 124 Å². The average molecular weight is 338 g/mol. The highest BCUT2D eigenvalue weighted by atomic mass is 35.5. The van der Waals surface area contributed by atoms with Crippen molar-refractivity contribution in [2.24, 2.45) is 0 Å². The summed E-state index contributed by atoms with van der Waals surface area (Å²) in [5, 5.41) is 2.32. The molecule has 0 aliphatic rings. The van der Waals surface area contributed by atoms with E-state index in [-0.39, 0.29) is 0 Å². The van der Waals surface area contributed by atoms with Crippen molar-refractivity contribution in [1.82, 2.24) is 0 Å². The minimum absolute atomic E-state index is 0.364. The van der Waals surface area contributed by atoms with Gasteiger partial charge in [-0.2, -0.15) is 0 Å². The van der Waals surface area contributed by atoms with Crippen LogP contribution >= 0.6 is 58.0 Å². The SMILES string of the molecule is Cl[13c]1[13cH][13cH][13c](Cl)[13c](-[13c]2[13c](Cl)[13cH][13cH][13c](Cl)[13c]2Cl)[13cH]1. The summed E-state index contributed by atoms with van der Waals surface area (Å²) in [4.78, 5) is 0. The minimum atomic E-state index is 0.364. The first-order valence-corrected chi connectivity index (χ1v) is 6.48. The molecule has 0 fully saturated rings. The van der Waals surface area contributed by atoms with E-state index in [1.807, 2.05) is 0 Å². The van der Waals surface area contributed by atoms with Crippen LogP contribution in [0.15, 0.2) is 30.3 Å². The van der Waals surface area contributed by atoms with Gasteiger partial charge in [-0.3, -0.25) is 0 Å². The Morgan fingerprint density at radius 1 is 0.647 bits per heavy atom. The second-order valence-electron chi connectivity index (χ2n) is 3.34. The summed E-state index contributed by atoms with van der Waals surface area (Å²) in [5.74, 6) is 0. The van der Waals surface area contributed by atoms with Crippen LogP contribution < -0.4 is 0 Å². The van der Waals surface area contributed by atoms with Crippen molar-refractivity contribution in [3.63, 3.8) is 0 Å². The molecule has 0 N–H and O–H groups in total. The average Bonchev–Trinajstić information content (AvgIpc) is 2.29. The molecular weight excluding hydrogens is 333 g/mol. The third kappa shape index (κ3) is 2.67. The Bertz CT molecular complexity index is 577. The van der Waals surface area contributed by atoms with Gasteiger partial charge in [-0.05, 0) is 30.3 Å². The normalized spacial score (nSPS) is 10.6. The van der Waals surface area contributed by atoms with Crippen molar-refractivity contribution in [3.8, 4) is 11.1 Å². The summed E-state index contributed by atoms with van der Waals surface area (Å²) in [5.41, 5.74) is 1.25. The van der Waals surface area contributed by atoms with E-state index >= 15 is 0 Å². The van der Waals surface area contributed by atoms with Gasteiger partial charge in [-0.1, -0.05) is 58.0 Å². The van der Waals surface area contributed by atoms with E-state index in [0.29, 0.717) is 36.2 Å². The molecule has 88 valence electrons. The second kappa shape index (κ2) is 5.26. The molecule has 0 aromatic heterocycles. The summed E-state index contributed by atoms with van der Waals surface area (Å²) < 4.78 is 0. The molecule has 0 nitrogen and oxygen atoms in total. The van der Waals surface area contributed by atoms with Gasteiger partial charge in [0.1, 0.15) is 0 Å². The zero-order valence-electron chi connectivity index (χ0n) is 8.28. The molecule has 0 atom stereocenters. The smallest absolute Gasteiger partial charge is 0.0686 e. The van der Waals surface area contributed by atoms with Crippen molar-refractivity contribution >= 4 is 58.0 Å². The molecule has 0 heterocycles. The van der Waals surface area contributed by atoms with Gasteiger partial charge >= 0.3 is 0 Å². The Morgan fingerprint density at radius 3 is 1.94 bits per heavy atom. The van der Waals surface area contributed by atoms with Crippen LogP contribution in [0.3, 0.4) is 0 Å². The summed E-state index contributed by atoms with van der Waals surface area (Å²) >= 11 is 30.3. The van der Waals surface area contributed by atoms with Gasteiger partial charge < -0.3 is 0 Å². The number of halogens is 5. The quantitative estimate of drug-likeness (QED) is 0.513. The van der Waals surface area contributed by atoms with Gasteiger partial charge in [0.2, 0.25) is 0 Å². The van der Waals surface area contributed by atoms with Crippen molar-refractivity contribution in [2.75, 3.05) is 0 Å². The fraction of sp³-hybridized carbons (Fsp3) is 0. The maximum Gasteiger partial charge on any atom is 0.0686 e. The van der Waals surface area contributed by atoms with Crippen molar-refractivity contribution in [3.05, 3.63) is 55.4 Å². The molecule has 0 radical (unpaired) electrons. The van der Waals surface area contributed by atoms with Gasteiger partial charge in [0, 0.05) is 21.2 Å². The van der Waals surface area contributed by atoms with Gasteiger partial charge in [-0.15, -0.1) is 0 Å². The van der Waals surface area contributed by atoms with Gasteiger partial charge in [0.25, 0.3) is 0 Å². The maximum absolute atomic E-state index is 6.14. The van der Waals surface area contributed by atoms with Crippen LogP contribution in [-0.4, -0.2) is 0 Å². The summed E-state index contributed by atoms with van der Waals surface area (Å²) in [6, 6.07) is 8.39. The topological polar surface area (TPSA) is 0 Å². The summed E-state index contributed by atoms with van der Waals surface area (Å²) in [6.07, 6.45) is 0. The Kier molecular flexibility index (Phi) is 4.12. The molecule has 0 saturated heterocycles. The van der Waals surface area contributed by atoms with E-state index < -0.39 is 0 Å². The van der Waals surface area contributed by atoms with Crippen LogP contribution in [0.25, 0.3) is 11.1 Å². The molecule has 0 aliphatic carbocycles. The first-order chi connectivity index (χ1) is 8.00. The number of hydrogen-bond acceptors (Lipinski definition) is 0. The standard InChI is InChI=1S/C12H5Cl5/c13-6-1-2-8(14)7(5-6)11-9(15)3-4-10(16)12(11)17/h1-5H/i1+1,2+1,3+1,4+1,5+1,6+1,7+1,8+1,9+1,10+1,11+1,12+1. The van der Waals surface area contributed by atoms with Crippen LogP contribution in [0, 0.1) is 0 Å².